The number of hydrogen-bond donors (Lipinski definition) is 4. The number of aromatic hydroxyl groups is 1. The first-order valence-electron chi connectivity index (χ1n) is 6.63. The van der Waals surface area contributed by atoms with Crippen molar-refractivity contribution in [3.05, 3.63) is 29.8 Å². The molecule has 3 unspecified atom stereocenters. The summed E-state index contributed by atoms with van der Waals surface area (Å²) in [4.78, 5) is 24.5. The molecule has 7 heteroatoms. The highest BCUT2D eigenvalue weighted by Crippen LogP contribution is 2.20. The minimum atomic E-state index is -1.14. The van der Waals surface area contributed by atoms with Crippen molar-refractivity contribution in [1.82, 2.24) is 4.90 Å². The molecule has 1 aliphatic rings. The van der Waals surface area contributed by atoms with E-state index in [0.29, 0.717) is 0 Å². The van der Waals surface area contributed by atoms with Crippen molar-refractivity contribution < 1.29 is 24.9 Å². The number of aliphatic carboxylic acids is 1. The molecule has 1 heterocycles. The predicted octanol–water partition coefficient (Wildman–Crippen LogP) is -0.692. The number of carboxylic acids is 1. The summed E-state index contributed by atoms with van der Waals surface area (Å²) < 4.78 is 0. The first-order chi connectivity index (χ1) is 9.88. The third-order valence-corrected chi connectivity index (χ3v) is 3.56. The topological polar surface area (TPSA) is 124 Å². The van der Waals surface area contributed by atoms with E-state index in [0.717, 1.165) is 10.5 Å². The lowest BCUT2D eigenvalue weighted by Gasteiger charge is -2.24. The molecule has 5 N–H and O–H groups in total. The highest BCUT2D eigenvalue weighted by molar-refractivity contribution is 5.87. The van der Waals surface area contributed by atoms with E-state index in [1.54, 1.807) is 12.1 Å². The number of aliphatic hydroxyl groups is 1. The van der Waals surface area contributed by atoms with Crippen LogP contribution in [0.1, 0.15) is 12.0 Å². The lowest BCUT2D eigenvalue weighted by Crippen LogP contribution is -2.49. The molecular formula is C14H18N2O5. The van der Waals surface area contributed by atoms with Crippen molar-refractivity contribution in [2.45, 2.75) is 31.0 Å². The number of phenols is 1. The number of carbonyl (C=O) groups excluding carboxylic acids is 1. The lowest BCUT2D eigenvalue weighted by atomic mass is 10.0. The number of phenolic OH excluding ortho intramolecular Hbond substituents is 1. The molecule has 0 radical (unpaired) electrons. The van der Waals surface area contributed by atoms with Gasteiger partial charge in [-0.25, -0.2) is 4.79 Å². The Morgan fingerprint density at radius 2 is 1.95 bits per heavy atom. The summed E-state index contributed by atoms with van der Waals surface area (Å²) in [5, 5.41) is 27.8. The Morgan fingerprint density at radius 3 is 2.52 bits per heavy atom. The molecule has 0 bridgehead atoms. The van der Waals surface area contributed by atoms with Gasteiger partial charge < -0.3 is 26.0 Å². The van der Waals surface area contributed by atoms with Crippen molar-refractivity contribution in [3.8, 4) is 5.75 Å². The Labute approximate surface area is 121 Å². The lowest BCUT2D eigenvalue weighted by molar-refractivity contribution is -0.148. The Morgan fingerprint density at radius 1 is 1.33 bits per heavy atom. The average molecular weight is 294 g/mol. The molecule has 1 fully saturated rings. The van der Waals surface area contributed by atoms with Gasteiger partial charge in [-0.1, -0.05) is 12.1 Å². The normalized spacial score (nSPS) is 23.0. The molecule has 0 aliphatic carbocycles. The SMILES string of the molecule is NC(Cc1ccc(O)cc1)C(=O)N1CC(O)CC1C(=O)O. The average Bonchev–Trinajstić information content (AvgIpc) is 2.82. The molecule has 21 heavy (non-hydrogen) atoms. The Hall–Kier alpha value is -2.12. The van der Waals surface area contributed by atoms with Crippen molar-refractivity contribution in [1.29, 1.82) is 0 Å². The molecular weight excluding hydrogens is 276 g/mol. The second-order valence-electron chi connectivity index (χ2n) is 5.21. The highest BCUT2D eigenvalue weighted by Gasteiger charge is 2.40. The van der Waals surface area contributed by atoms with Crippen LogP contribution in [0.3, 0.4) is 0 Å². The maximum absolute atomic E-state index is 12.3. The van der Waals surface area contributed by atoms with Gasteiger partial charge in [0, 0.05) is 13.0 Å². The molecule has 7 nitrogen and oxygen atoms in total. The zero-order valence-electron chi connectivity index (χ0n) is 11.3. The van der Waals surface area contributed by atoms with Gasteiger partial charge in [0.05, 0.1) is 12.1 Å². The molecule has 114 valence electrons. The van der Waals surface area contributed by atoms with Gasteiger partial charge in [0.2, 0.25) is 5.91 Å². The fourth-order valence-electron chi connectivity index (χ4n) is 2.48. The van der Waals surface area contributed by atoms with E-state index in [2.05, 4.69) is 0 Å². The number of amides is 1. The van der Waals surface area contributed by atoms with Gasteiger partial charge in [-0.2, -0.15) is 0 Å². The summed E-state index contributed by atoms with van der Waals surface area (Å²) in [5.41, 5.74) is 6.61. The second-order valence-corrected chi connectivity index (χ2v) is 5.21. The molecule has 1 aromatic rings. The number of carbonyl (C=O) groups is 2. The maximum Gasteiger partial charge on any atom is 0.326 e. The smallest absolute Gasteiger partial charge is 0.326 e. The molecule has 1 aliphatic heterocycles. The first-order valence-corrected chi connectivity index (χ1v) is 6.63. The molecule has 3 atom stereocenters. The van der Waals surface area contributed by atoms with Gasteiger partial charge in [0.25, 0.3) is 0 Å². The fraction of sp³-hybridized carbons (Fsp3) is 0.429. The van der Waals surface area contributed by atoms with Gasteiger partial charge in [-0.15, -0.1) is 0 Å². The number of carboxylic acid groups (broad SMARTS) is 1. The molecule has 1 amide bonds. The summed E-state index contributed by atoms with van der Waals surface area (Å²) in [6.45, 7) is -0.0148. The quantitative estimate of drug-likeness (QED) is 0.582. The monoisotopic (exact) mass is 294 g/mol. The predicted molar refractivity (Wildman–Crippen MR) is 73.5 cm³/mol. The minimum absolute atomic E-state index is 0.0148. The zero-order valence-corrected chi connectivity index (χ0v) is 11.3. The van der Waals surface area contributed by atoms with E-state index < -0.39 is 30.1 Å². The van der Waals surface area contributed by atoms with Crippen LogP contribution in [0.5, 0.6) is 5.75 Å². The summed E-state index contributed by atoms with van der Waals surface area (Å²) in [5.74, 6) is -1.52. The van der Waals surface area contributed by atoms with Gasteiger partial charge in [0.15, 0.2) is 0 Å². The van der Waals surface area contributed by atoms with Crippen LogP contribution < -0.4 is 5.73 Å². The number of nitrogens with two attached hydrogens (primary N) is 1. The molecule has 0 spiro atoms. The van der Waals surface area contributed by atoms with Crippen molar-refractivity contribution in [2.75, 3.05) is 6.54 Å². The third kappa shape index (κ3) is 3.50. The van der Waals surface area contributed by atoms with Gasteiger partial charge in [0.1, 0.15) is 11.8 Å². The Bertz CT molecular complexity index is 531. The third-order valence-electron chi connectivity index (χ3n) is 3.56. The second kappa shape index (κ2) is 6.11. The van der Waals surface area contributed by atoms with Gasteiger partial charge in [-0.05, 0) is 24.1 Å². The van der Waals surface area contributed by atoms with E-state index in [-0.39, 0.29) is 25.1 Å². The number of rotatable bonds is 4. The van der Waals surface area contributed by atoms with Crippen LogP contribution in [-0.2, 0) is 16.0 Å². The number of aliphatic hydroxyl groups excluding tert-OH is 1. The molecule has 0 aromatic heterocycles. The number of hydrogen-bond acceptors (Lipinski definition) is 5. The van der Waals surface area contributed by atoms with Crippen molar-refractivity contribution >= 4 is 11.9 Å². The van der Waals surface area contributed by atoms with Gasteiger partial charge >= 0.3 is 5.97 Å². The first kappa shape index (κ1) is 15.3. The van der Waals surface area contributed by atoms with E-state index in [1.165, 1.54) is 12.1 Å². The van der Waals surface area contributed by atoms with Crippen LogP contribution in [0.25, 0.3) is 0 Å². The van der Waals surface area contributed by atoms with Crippen LogP contribution in [0.15, 0.2) is 24.3 Å². The zero-order chi connectivity index (χ0) is 15.6. The standard InChI is InChI=1S/C14H18N2O5/c15-11(5-8-1-3-9(17)4-2-8)13(19)16-7-10(18)6-12(16)14(20)21/h1-4,10-12,17-18H,5-7,15H2,(H,20,21). The maximum atomic E-state index is 12.3. The summed E-state index contributed by atoms with van der Waals surface area (Å²) in [6, 6.07) is 4.37. The van der Waals surface area contributed by atoms with E-state index >= 15 is 0 Å². The molecule has 2 rings (SSSR count). The van der Waals surface area contributed by atoms with Crippen molar-refractivity contribution in [2.24, 2.45) is 5.73 Å². The number of likely N-dealkylation sites (tertiary alicyclic amines) is 1. The Balaban J connectivity index is 2.04. The summed E-state index contributed by atoms with van der Waals surface area (Å²) >= 11 is 0. The highest BCUT2D eigenvalue weighted by atomic mass is 16.4. The number of β-amino-alcohol motifs (C(OH)–C–C–N with tert-alkyl or cyclic N) is 1. The minimum Gasteiger partial charge on any atom is -0.508 e. The van der Waals surface area contributed by atoms with Crippen LogP contribution in [0.2, 0.25) is 0 Å². The molecule has 0 saturated carbocycles. The number of nitrogens with zero attached hydrogens (tertiary/aromatic N) is 1. The largest absolute Gasteiger partial charge is 0.508 e. The molecule has 1 saturated heterocycles. The van der Waals surface area contributed by atoms with Crippen LogP contribution in [0.4, 0.5) is 0 Å². The van der Waals surface area contributed by atoms with Crippen molar-refractivity contribution in [3.63, 3.8) is 0 Å². The van der Waals surface area contributed by atoms with Crippen LogP contribution in [-0.4, -0.2) is 56.8 Å². The van der Waals surface area contributed by atoms with E-state index in [9.17, 15) is 19.8 Å². The molecule has 1 aromatic carbocycles. The van der Waals surface area contributed by atoms with Crippen LogP contribution >= 0.6 is 0 Å². The van der Waals surface area contributed by atoms with E-state index in [4.69, 9.17) is 10.8 Å². The summed E-state index contributed by atoms with van der Waals surface area (Å²) in [6.07, 6.45) is -0.582. The fourth-order valence-corrected chi connectivity index (χ4v) is 2.48. The van der Waals surface area contributed by atoms with Crippen LogP contribution in [0, 0.1) is 0 Å². The summed E-state index contributed by atoms with van der Waals surface area (Å²) in [7, 11) is 0. The van der Waals surface area contributed by atoms with Gasteiger partial charge in [-0.3, -0.25) is 4.79 Å². The number of benzene rings is 1. The Kier molecular flexibility index (Phi) is 4.44. The van der Waals surface area contributed by atoms with E-state index in [1.807, 2.05) is 0 Å².